The molecule has 0 fully saturated rings. The minimum absolute atomic E-state index is 0.0583. The zero-order chi connectivity index (χ0) is 15.0. The van der Waals surface area contributed by atoms with E-state index in [2.05, 4.69) is 15.9 Å². The molecule has 0 aliphatic rings. The molecular weight excluding hydrogens is 361 g/mol. The second kappa shape index (κ2) is 5.81. The molecule has 0 saturated carbocycles. The van der Waals surface area contributed by atoms with Gasteiger partial charge in [0.2, 0.25) is 0 Å². The Balaban J connectivity index is 1.91. The first-order valence-electron chi connectivity index (χ1n) is 6.30. The second-order valence-electron chi connectivity index (χ2n) is 4.70. The lowest BCUT2D eigenvalue weighted by Gasteiger charge is -2.09. The molecule has 0 nitrogen and oxygen atoms in total. The smallest absolute Gasteiger partial charge is 0.129 e. The first kappa shape index (κ1) is 14.6. The van der Waals surface area contributed by atoms with Crippen LogP contribution in [0.3, 0.4) is 0 Å². The van der Waals surface area contributed by atoms with Gasteiger partial charge in [-0.15, -0.1) is 11.3 Å². The maximum Gasteiger partial charge on any atom is 0.129 e. The predicted octanol–water partition coefficient (Wildman–Crippen LogP) is 6.00. The van der Waals surface area contributed by atoms with Crippen LogP contribution >= 0.6 is 27.3 Å². The van der Waals surface area contributed by atoms with Crippen LogP contribution in [0.1, 0.15) is 15.3 Å². The fourth-order valence-corrected chi connectivity index (χ4v) is 3.99. The van der Waals surface area contributed by atoms with E-state index in [1.165, 1.54) is 41.7 Å². The molecule has 3 aromatic rings. The Kier molecular flexibility index (Phi) is 4.04. The second-order valence-corrected chi connectivity index (χ2v) is 6.92. The van der Waals surface area contributed by atoms with Crippen LogP contribution in [0.4, 0.5) is 13.2 Å². The summed E-state index contributed by atoms with van der Waals surface area (Å²) in [5.74, 6) is -1.39. The summed E-state index contributed by atoms with van der Waals surface area (Å²) in [5.41, 5.74) is 0.0583. The van der Waals surface area contributed by atoms with Gasteiger partial charge in [-0.05, 0) is 42.1 Å². The summed E-state index contributed by atoms with van der Waals surface area (Å²) in [6.45, 7) is 0. The molecule has 0 radical (unpaired) electrons. The molecule has 108 valence electrons. The Hall–Kier alpha value is -1.33. The average Bonchev–Trinajstić information content (AvgIpc) is 2.86. The van der Waals surface area contributed by atoms with Crippen molar-refractivity contribution >= 4 is 37.4 Å². The topological polar surface area (TPSA) is 0 Å². The van der Waals surface area contributed by atoms with Gasteiger partial charge in [-0.1, -0.05) is 28.1 Å². The first-order valence-corrected chi connectivity index (χ1v) is 8.04. The molecule has 2 aromatic carbocycles. The van der Waals surface area contributed by atoms with Crippen LogP contribution in [-0.2, 0) is 6.42 Å². The van der Waals surface area contributed by atoms with Crippen LogP contribution in [0.15, 0.2) is 42.5 Å². The Morgan fingerprint density at radius 2 is 1.71 bits per heavy atom. The Labute approximate surface area is 132 Å². The Bertz CT molecular complexity index is 777. The summed E-state index contributed by atoms with van der Waals surface area (Å²) in [5, 5.41) is 0.926. The van der Waals surface area contributed by atoms with Crippen LogP contribution in [0.2, 0.25) is 0 Å². The lowest BCUT2D eigenvalue weighted by atomic mass is 10.1. The van der Waals surface area contributed by atoms with E-state index in [9.17, 15) is 13.2 Å². The molecule has 0 aliphatic carbocycles. The van der Waals surface area contributed by atoms with Crippen molar-refractivity contribution in [3.8, 4) is 0 Å². The molecule has 1 atom stereocenters. The monoisotopic (exact) mass is 370 g/mol. The Morgan fingerprint density at radius 1 is 1.00 bits per heavy atom. The lowest BCUT2D eigenvalue weighted by Crippen LogP contribution is -1.99. The normalized spacial score (nSPS) is 12.8. The molecule has 1 heterocycles. The molecule has 3 rings (SSSR count). The van der Waals surface area contributed by atoms with E-state index in [4.69, 9.17) is 0 Å². The lowest BCUT2D eigenvalue weighted by molar-refractivity contribution is 0.554. The van der Waals surface area contributed by atoms with E-state index >= 15 is 0 Å². The van der Waals surface area contributed by atoms with Crippen molar-refractivity contribution in [3.63, 3.8) is 0 Å². The number of halogens is 4. The number of rotatable bonds is 3. The summed E-state index contributed by atoms with van der Waals surface area (Å²) in [6.07, 6.45) is 0.202. The fourth-order valence-electron chi connectivity index (χ4n) is 2.19. The van der Waals surface area contributed by atoms with E-state index in [1.54, 1.807) is 6.07 Å². The van der Waals surface area contributed by atoms with E-state index in [1.807, 2.05) is 6.07 Å². The molecule has 0 amide bonds. The maximum atomic E-state index is 13.7. The molecule has 0 aliphatic heterocycles. The number of alkyl halides is 1. The third-order valence-corrected chi connectivity index (χ3v) is 5.59. The molecule has 0 bridgehead atoms. The molecule has 0 saturated heterocycles. The molecule has 5 heteroatoms. The Morgan fingerprint density at radius 3 is 2.43 bits per heavy atom. The molecule has 0 spiro atoms. The number of thiophene rings is 1. The minimum Gasteiger partial charge on any atom is -0.207 e. The molecule has 1 aromatic heterocycles. The van der Waals surface area contributed by atoms with Crippen LogP contribution in [-0.4, -0.2) is 0 Å². The van der Waals surface area contributed by atoms with Crippen molar-refractivity contribution in [2.75, 3.05) is 0 Å². The van der Waals surface area contributed by atoms with Crippen LogP contribution < -0.4 is 0 Å². The van der Waals surface area contributed by atoms with Gasteiger partial charge >= 0.3 is 0 Å². The zero-order valence-corrected chi connectivity index (χ0v) is 13.1. The van der Waals surface area contributed by atoms with Crippen molar-refractivity contribution in [1.29, 1.82) is 0 Å². The average molecular weight is 371 g/mol. The first-order chi connectivity index (χ1) is 10.0. The summed E-state index contributed by atoms with van der Waals surface area (Å²) in [4.78, 5) is 0.697. The van der Waals surface area contributed by atoms with Gasteiger partial charge in [-0.3, -0.25) is 0 Å². The highest BCUT2D eigenvalue weighted by Crippen LogP contribution is 2.37. The van der Waals surface area contributed by atoms with Gasteiger partial charge in [0.25, 0.3) is 0 Å². The molecule has 0 N–H and O–H groups in total. The number of benzene rings is 2. The number of hydrogen-bond acceptors (Lipinski definition) is 1. The van der Waals surface area contributed by atoms with Crippen molar-refractivity contribution in [2.24, 2.45) is 0 Å². The van der Waals surface area contributed by atoms with Crippen molar-refractivity contribution in [2.45, 2.75) is 11.2 Å². The van der Waals surface area contributed by atoms with Gasteiger partial charge in [0.05, 0.1) is 4.83 Å². The highest BCUT2D eigenvalue weighted by molar-refractivity contribution is 9.09. The van der Waals surface area contributed by atoms with Gasteiger partial charge in [-0.25, -0.2) is 13.2 Å². The quantitative estimate of drug-likeness (QED) is 0.496. The summed E-state index contributed by atoms with van der Waals surface area (Å²) < 4.78 is 41.4. The fraction of sp³-hybridized carbons (Fsp3) is 0.125. The van der Waals surface area contributed by atoms with Crippen LogP contribution in [0, 0.1) is 17.5 Å². The highest BCUT2D eigenvalue weighted by atomic mass is 79.9. The third-order valence-electron chi connectivity index (χ3n) is 3.25. The van der Waals surface area contributed by atoms with Crippen molar-refractivity contribution < 1.29 is 13.2 Å². The van der Waals surface area contributed by atoms with Gasteiger partial charge in [0.1, 0.15) is 17.5 Å². The van der Waals surface area contributed by atoms with Gasteiger partial charge in [0.15, 0.2) is 0 Å². The number of hydrogen-bond donors (Lipinski definition) is 0. The summed E-state index contributed by atoms with van der Waals surface area (Å²) in [7, 11) is 0. The highest BCUT2D eigenvalue weighted by Gasteiger charge is 2.17. The molecule has 21 heavy (non-hydrogen) atoms. The maximum absolute atomic E-state index is 13.7. The van der Waals surface area contributed by atoms with Gasteiger partial charge in [0, 0.05) is 15.1 Å². The van der Waals surface area contributed by atoms with Crippen LogP contribution in [0.25, 0.3) is 10.1 Å². The number of fused-ring (bicyclic) bond motifs is 1. The predicted molar refractivity (Wildman–Crippen MR) is 83.5 cm³/mol. The standard InChI is InChI=1S/C16H10BrF3S/c17-12(8-11-13(19)2-1-3-14(11)20)16-6-9-4-5-10(18)7-15(9)21-16/h1-7,12H,8H2. The van der Waals surface area contributed by atoms with E-state index in [-0.39, 0.29) is 22.6 Å². The van der Waals surface area contributed by atoms with Gasteiger partial charge in [-0.2, -0.15) is 0 Å². The van der Waals surface area contributed by atoms with E-state index in [0.717, 1.165) is 15.0 Å². The summed E-state index contributed by atoms with van der Waals surface area (Å²) in [6, 6.07) is 10.3. The minimum atomic E-state index is -0.549. The summed E-state index contributed by atoms with van der Waals surface area (Å²) >= 11 is 4.89. The molecule has 1 unspecified atom stereocenters. The SMILES string of the molecule is Fc1ccc2cc(C(Br)Cc3c(F)cccc3F)sc2c1. The van der Waals surface area contributed by atoms with E-state index < -0.39 is 11.6 Å². The van der Waals surface area contributed by atoms with Gasteiger partial charge < -0.3 is 0 Å². The van der Waals surface area contributed by atoms with Crippen molar-refractivity contribution in [1.82, 2.24) is 0 Å². The van der Waals surface area contributed by atoms with E-state index in [0.29, 0.717) is 0 Å². The largest absolute Gasteiger partial charge is 0.207 e. The molecular formula is C16H10BrF3S. The third kappa shape index (κ3) is 2.99. The van der Waals surface area contributed by atoms with Crippen LogP contribution in [0.5, 0.6) is 0 Å². The zero-order valence-electron chi connectivity index (χ0n) is 10.7. The van der Waals surface area contributed by atoms with Crippen molar-refractivity contribution in [3.05, 3.63) is 70.4 Å².